The molecule has 1 aromatic carbocycles. The van der Waals surface area contributed by atoms with Crippen molar-refractivity contribution in [2.75, 3.05) is 6.26 Å². The Bertz CT molecular complexity index is 957. The van der Waals surface area contributed by atoms with E-state index in [2.05, 4.69) is 10.3 Å². The van der Waals surface area contributed by atoms with Gasteiger partial charge in [0.15, 0.2) is 15.3 Å². The smallest absolute Gasteiger partial charge is 0.188 e. The number of hydrogen-bond acceptors (Lipinski definition) is 7. The predicted octanol–water partition coefficient (Wildman–Crippen LogP) is 3.07. The third-order valence-corrected chi connectivity index (χ3v) is 6.13. The number of nitrogens with one attached hydrogen (secondary N) is 2. The van der Waals surface area contributed by atoms with E-state index in [1.54, 1.807) is 11.8 Å². The molecule has 0 bridgehead atoms. The van der Waals surface area contributed by atoms with Crippen molar-refractivity contribution in [1.82, 2.24) is 10.2 Å². The molecule has 2 heterocycles. The minimum absolute atomic E-state index is 0.0100. The van der Waals surface area contributed by atoms with E-state index in [0.29, 0.717) is 5.70 Å². The van der Waals surface area contributed by atoms with Gasteiger partial charge in [-0.25, -0.2) is 13.4 Å². The van der Waals surface area contributed by atoms with Gasteiger partial charge in [0.25, 0.3) is 0 Å². The first-order chi connectivity index (χ1) is 12.3. The van der Waals surface area contributed by atoms with Crippen LogP contribution in [0.1, 0.15) is 18.1 Å². The molecular formula is C18H20N4O2S2. The zero-order chi connectivity index (χ0) is 18.9. The summed E-state index contributed by atoms with van der Waals surface area (Å²) in [5.41, 5.74) is 4.18. The standard InChI is InChI=1S/C18H20N4O2S2/c1-12-4-6-14(7-5-12)16-17(22-10-11-25-18(22)21-16)15(8-9-19)20-13(2)26(3,23)24/h4-11,18-19,21H,1-3H3/b15-8-,19-9?,20-13+. The molecule has 3 rings (SSSR count). The van der Waals surface area contributed by atoms with E-state index in [1.807, 2.05) is 47.7 Å². The van der Waals surface area contributed by atoms with E-state index in [1.165, 1.54) is 13.0 Å². The molecule has 26 heavy (non-hydrogen) atoms. The highest BCUT2D eigenvalue weighted by atomic mass is 32.2. The van der Waals surface area contributed by atoms with Crippen LogP contribution in [0.5, 0.6) is 0 Å². The molecule has 8 heteroatoms. The molecule has 2 aliphatic rings. The summed E-state index contributed by atoms with van der Waals surface area (Å²) in [7, 11) is -3.41. The molecule has 0 fully saturated rings. The molecule has 0 amide bonds. The number of sulfone groups is 1. The zero-order valence-electron chi connectivity index (χ0n) is 14.7. The third-order valence-electron chi connectivity index (χ3n) is 4.08. The molecular weight excluding hydrogens is 368 g/mol. The SMILES string of the molecule is C/C(=N\C(=C/C=N)C1=C(c2ccc(C)cc2)NC2SC=CN12)S(C)(=O)=O. The molecule has 0 spiro atoms. The fourth-order valence-electron chi connectivity index (χ4n) is 2.64. The van der Waals surface area contributed by atoms with Gasteiger partial charge >= 0.3 is 0 Å². The third kappa shape index (κ3) is 3.61. The summed E-state index contributed by atoms with van der Waals surface area (Å²) >= 11 is 1.62. The van der Waals surface area contributed by atoms with Crippen molar-refractivity contribution < 1.29 is 8.42 Å². The van der Waals surface area contributed by atoms with Crippen molar-refractivity contribution in [2.24, 2.45) is 4.99 Å². The first kappa shape index (κ1) is 18.5. The van der Waals surface area contributed by atoms with Crippen LogP contribution in [0.2, 0.25) is 0 Å². The number of fused-ring (bicyclic) bond motifs is 1. The summed E-state index contributed by atoms with van der Waals surface area (Å²) in [5.74, 6) is 0. The summed E-state index contributed by atoms with van der Waals surface area (Å²) in [4.78, 5) is 6.34. The molecule has 2 aliphatic heterocycles. The summed E-state index contributed by atoms with van der Waals surface area (Å²) < 4.78 is 23.6. The van der Waals surface area contributed by atoms with E-state index in [-0.39, 0.29) is 10.5 Å². The predicted molar refractivity (Wildman–Crippen MR) is 108 cm³/mol. The molecule has 1 atom stereocenters. The van der Waals surface area contributed by atoms with Crippen LogP contribution >= 0.6 is 11.8 Å². The second kappa shape index (κ2) is 7.13. The van der Waals surface area contributed by atoms with E-state index < -0.39 is 9.84 Å². The van der Waals surface area contributed by atoms with Gasteiger partial charge in [0, 0.05) is 18.7 Å². The Balaban J connectivity index is 2.18. The quantitative estimate of drug-likeness (QED) is 0.612. The summed E-state index contributed by atoms with van der Waals surface area (Å²) in [6.07, 6.45) is 5.69. The largest absolute Gasteiger partial charge is 0.354 e. The first-order valence-corrected chi connectivity index (χ1v) is 10.8. The molecule has 0 aliphatic carbocycles. The topological polar surface area (TPSA) is 85.6 Å². The molecule has 0 aromatic heterocycles. The first-order valence-electron chi connectivity index (χ1n) is 7.96. The van der Waals surface area contributed by atoms with Gasteiger partial charge in [0.1, 0.15) is 5.04 Å². The Hall–Kier alpha value is -2.32. The maximum atomic E-state index is 11.8. The molecule has 2 N–H and O–H groups in total. The van der Waals surface area contributed by atoms with Crippen LogP contribution in [0.4, 0.5) is 0 Å². The highest BCUT2D eigenvalue weighted by molar-refractivity contribution is 8.05. The molecule has 0 saturated heterocycles. The van der Waals surface area contributed by atoms with Gasteiger partial charge in [-0.2, -0.15) is 0 Å². The summed E-state index contributed by atoms with van der Waals surface area (Å²) in [6.45, 7) is 3.49. The Morgan fingerprint density at radius 3 is 2.65 bits per heavy atom. The van der Waals surface area contributed by atoms with Crippen LogP contribution in [0.25, 0.3) is 5.70 Å². The lowest BCUT2D eigenvalue weighted by molar-refractivity contribution is 0.467. The van der Waals surface area contributed by atoms with Crippen LogP contribution in [-0.2, 0) is 9.84 Å². The van der Waals surface area contributed by atoms with Crippen molar-refractivity contribution in [3.8, 4) is 0 Å². The Kier molecular flexibility index (Phi) is 5.06. The lowest BCUT2D eigenvalue weighted by Crippen LogP contribution is -2.27. The summed E-state index contributed by atoms with van der Waals surface area (Å²) in [5, 5.41) is 12.9. The van der Waals surface area contributed by atoms with E-state index in [0.717, 1.165) is 35.0 Å². The van der Waals surface area contributed by atoms with Gasteiger partial charge in [0.2, 0.25) is 0 Å². The minimum Gasteiger partial charge on any atom is -0.354 e. The average Bonchev–Trinajstić information content (AvgIpc) is 3.15. The second-order valence-corrected chi connectivity index (χ2v) is 9.16. The van der Waals surface area contributed by atoms with Crippen molar-refractivity contribution in [3.63, 3.8) is 0 Å². The number of rotatable bonds is 4. The fraction of sp³-hybridized carbons (Fsp3) is 0.222. The number of benzene rings is 1. The Morgan fingerprint density at radius 2 is 2.04 bits per heavy atom. The van der Waals surface area contributed by atoms with Crippen LogP contribution in [0.15, 0.2) is 58.3 Å². The fourth-order valence-corrected chi connectivity index (χ4v) is 3.74. The van der Waals surface area contributed by atoms with Gasteiger partial charge < -0.3 is 15.6 Å². The van der Waals surface area contributed by atoms with Crippen LogP contribution in [0, 0.1) is 12.3 Å². The van der Waals surface area contributed by atoms with Gasteiger partial charge in [-0.3, -0.25) is 0 Å². The van der Waals surface area contributed by atoms with Gasteiger partial charge in [-0.1, -0.05) is 41.6 Å². The summed E-state index contributed by atoms with van der Waals surface area (Å²) in [6, 6.07) is 8.09. The van der Waals surface area contributed by atoms with Crippen molar-refractivity contribution in [2.45, 2.75) is 19.3 Å². The lowest BCUT2D eigenvalue weighted by atomic mass is 10.1. The highest BCUT2D eigenvalue weighted by Gasteiger charge is 2.35. The molecule has 6 nitrogen and oxygen atoms in total. The molecule has 136 valence electrons. The van der Waals surface area contributed by atoms with Gasteiger partial charge in [-0.15, -0.1) is 0 Å². The zero-order valence-corrected chi connectivity index (χ0v) is 16.4. The number of hydrogen-bond donors (Lipinski definition) is 2. The average molecular weight is 389 g/mol. The monoisotopic (exact) mass is 388 g/mol. The normalized spacial score (nSPS) is 20.4. The number of thioether (sulfide) groups is 1. The van der Waals surface area contributed by atoms with Crippen molar-refractivity contribution in [3.05, 3.63) is 64.5 Å². The van der Waals surface area contributed by atoms with E-state index >= 15 is 0 Å². The van der Waals surface area contributed by atoms with Crippen LogP contribution < -0.4 is 5.32 Å². The molecule has 1 aromatic rings. The van der Waals surface area contributed by atoms with Crippen LogP contribution in [-0.4, -0.2) is 36.3 Å². The van der Waals surface area contributed by atoms with Crippen LogP contribution in [0.3, 0.4) is 0 Å². The maximum Gasteiger partial charge on any atom is 0.188 e. The van der Waals surface area contributed by atoms with E-state index in [4.69, 9.17) is 5.41 Å². The maximum absolute atomic E-state index is 11.8. The van der Waals surface area contributed by atoms with E-state index in [9.17, 15) is 8.42 Å². The Labute approximate surface area is 157 Å². The number of aliphatic imine (C=N–C) groups is 1. The van der Waals surface area contributed by atoms with Crippen molar-refractivity contribution >= 4 is 38.6 Å². The van der Waals surface area contributed by atoms with Crippen molar-refractivity contribution in [1.29, 1.82) is 5.41 Å². The number of nitrogens with zero attached hydrogens (tertiary/aromatic N) is 2. The molecule has 1 unspecified atom stereocenters. The molecule has 0 saturated carbocycles. The number of allylic oxidation sites excluding steroid dienone is 1. The lowest BCUT2D eigenvalue weighted by Gasteiger charge is -2.19. The van der Waals surface area contributed by atoms with Gasteiger partial charge in [0.05, 0.1) is 17.1 Å². The van der Waals surface area contributed by atoms with Gasteiger partial charge in [-0.05, 0) is 30.9 Å². The Morgan fingerprint density at radius 1 is 1.35 bits per heavy atom. The molecule has 0 radical (unpaired) electrons. The highest BCUT2D eigenvalue weighted by Crippen LogP contribution is 2.40. The second-order valence-electron chi connectivity index (χ2n) is 6.04. The number of aryl methyl sites for hydroxylation is 1. The minimum atomic E-state index is -3.41.